The molecule has 0 saturated carbocycles. The van der Waals surface area contributed by atoms with Gasteiger partial charge in [0, 0.05) is 18.3 Å². The molecule has 0 aliphatic rings. The molecule has 70 valence electrons. The second kappa shape index (κ2) is 5.80. The summed E-state index contributed by atoms with van der Waals surface area (Å²) >= 11 is 0. The van der Waals surface area contributed by atoms with Gasteiger partial charge in [-0.2, -0.15) is 0 Å². The van der Waals surface area contributed by atoms with E-state index < -0.39 is 12.0 Å². The van der Waals surface area contributed by atoms with Crippen LogP contribution < -0.4 is 16.6 Å². The first kappa shape index (κ1) is 11.2. The Kier molecular flexibility index (Phi) is 5.41. The standard InChI is InChI=1S/C6H14N3O2P/c1-11-6(10)5(8)2-4(7)3-9-12/h3,5,9H,2,7-8,12H2,1H3/b4-3-. The van der Waals surface area contributed by atoms with Crippen LogP contribution in [0, 0.1) is 0 Å². The molecular formula is C6H14N3O2P. The third kappa shape index (κ3) is 4.16. The predicted octanol–water partition coefficient (Wildman–Crippen LogP) is -0.943. The summed E-state index contributed by atoms with van der Waals surface area (Å²) in [4.78, 5) is 10.8. The molecule has 0 bridgehead atoms. The zero-order valence-electron chi connectivity index (χ0n) is 6.91. The number of carbonyl (C=O) groups is 1. The molecule has 0 aliphatic carbocycles. The molecule has 0 aromatic rings. The monoisotopic (exact) mass is 191 g/mol. The van der Waals surface area contributed by atoms with Gasteiger partial charge in [0.15, 0.2) is 0 Å². The van der Waals surface area contributed by atoms with Gasteiger partial charge in [0.05, 0.1) is 7.11 Å². The maximum atomic E-state index is 10.8. The highest BCUT2D eigenvalue weighted by Gasteiger charge is 2.13. The van der Waals surface area contributed by atoms with E-state index in [-0.39, 0.29) is 6.42 Å². The summed E-state index contributed by atoms with van der Waals surface area (Å²) in [6.07, 6.45) is 1.83. The Balaban J connectivity index is 3.91. The fourth-order valence-corrected chi connectivity index (χ4v) is 0.869. The van der Waals surface area contributed by atoms with Crippen LogP contribution in [0.2, 0.25) is 0 Å². The first-order valence-electron chi connectivity index (χ1n) is 3.36. The average molecular weight is 191 g/mol. The summed E-state index contributed by atoms with van der Waals surface area (Å²) in [6, 6.07) is -0.690. The van der Waals surface area contributed by atoms with Crippen LogP contribution in [0.5, 0.6) is 0 Å². The molecule has 0 amide bonds. The van der Waals surface area contributed by atoms with Crippen molar-refractivity contribution >= 4 is 15.4 Å². The lowest BCUT2D eigenvalue weighted by Gasteiger charge is -2.08. The highest BCUT2D eigenvalue weighted by Crippen LogP contribution is 1.97. The van der Waals surface area contributed by atoms with Gasteiger partial charge in [-0.05, 0) is 9.39 Å². The fraction of sp³-hybridized carbons (Fsp3) is 0.500. The molecule has 2 unspecified atom stereocenters. The maximum absolute atomic E-state index is 10.8. The average Bonchev–Trinajstić information content (AvgIpc) is 2.03. The molecule has 0 radical (unpaired) electrons. The normalized spacial score (nSPS) is 13.8. The maximum Gasteiger partial charge on any atom is 0.323 e. The third-order valence-electron chi connectivity index (χ3n) is 1.23. The molecule has 0 fully saturated rings. The summed E-state index contributed by atoms with van der Waals surface area (Å²) in [6.45, 7) is 0. The summed E-state index contributed by atoms with van der Waals surface area (Å²) in [5.41, 5.74) is 11.4. The number of methoxy groups -OCH3 is 1. The third-order valence-corrected chi connectivity index (χ3v) is 1.39. The Morgan fingerprint density at radius 2 is 2.42 bits per heavy atom. The molecule has 0 saturated heterocycles. The molecule has 5 N–H and O–H groups in total. The predicted molar refractivity (Wildman–Crippen MR) is 49.7 cm³/mol. The smallest absolute Gasteiger partial charge is 0.323 e. The highest BCUT2D eigenvalue weighted by molar-refractivity contribution is 7.13. The number of nitrogens with one attached hydrogen (secondary N) is 1. The molecule has 0 aromatic carbocycles. The fourth-order valence-electron chi connectivity index (χ4n) is 0.655. The van der Waals surface area contributed by atoms with Gasteiger partial charge in [0.25, 0.3) is 0 Å². The number of nitrogens with two attached hydrogens (primary N) is 2. The topological polar surface area (TPSA) is 90.4 Å². The Morgan fingerprint density at radius 3 is 2.83 bits per heavy atom. The molecule has 5 nitrogen and oxygen atoms in total. The second-order valence-corrected chi connectivity index (χ2v) is 2.55. The number of hydrogen-bond acceptors (Lipinski definition) is 5. The van der Waals surface area contributed by atoms with Crippen molar-refractivity contribution in [3.63, 3.8) is 0 Å². The van der Waals surface area contributed by atoms with Crippen molar-refractivity contribution in [1.82, 2.24) is 5.09 Å². The Bertz CT molecular complexity index is 184. The van der Waals surface area contributed by atoms with Crippen molar-refractivity contribution in [2.75, 3.05) is 7.11 Å². The van der Waals surface area contributed by atoms with Gasteiger partial charge in [-0.3, -0.25) is 4.79 Å². The molecule has 0 heterocycles. The van der Waals surface area contributed by atoms with Gasteiger partial charge in [-0.15, -0.1) is 0 Å². The zero-order chi connectivity index (χ0) is 9.56. The number of ether oxygens (including phenoxy) is 1. The second-order valence-electron chi connectivity index (χ2n) is 2.22. The first-order valence-corrected chi connectivity index (χ1v) is 3.93. The minimum Gasteiger partial charge on any atom is -0.468 e. The summed E-state index contributed by atoms with van der Waals surface area (Å²) in [7, 11) is 3.55. The molecule has 0 aliphatic heterocycles. The summed E-state index contributed by atoms with van der Waals surface area (Å²) < 4.78 is 4.42. The first-order chi connectivity index (χ1) is 5.61. The molecule has 2 atom stereocenters. The van der Waals surface area contributed by atoms with Crippen LogP contribution in [0.3, 0.4) is 0 Å². The zero-order valence-corrected chi connectivity index (χ0v) is 8.07. The van der Waals surface area contributed by atoms with Crippen molar-refractivity contribution in [3.05, 3.63) is 11.9 Å². The van der Waals surface area contributed by atoms with E-state index in [1.807, 2.05) is 0 Å². The summed E-state index contributed by atoms with van der Waals surface area (Å²) in [5.74, 6) is -0.463. The largest absolute Gasteiger partial charge is 0.468 e. The molecule has 6 heteroatoms. The quantitative estimate of drug-likeness (QED) is 0.394. The minimum atomic E-state index is -0.690. The van der Waals surface area contributed by atoms with Gasteiger partial charge in [-0.1, -0.05) is 0 Å². The van der Waals surface area contributed by atoms with E-state index in [0.717, 1.165) is 0 Å². The van der Waals surface area contributed by atoms with Gasteiger partial charge in [-0.25, -0.2) is 0 Å². The van der Waals surface area contributed by atoms with Gasteiger partial charge >= 0.3 is 5.97 Å². The van der Waals surface area contributed by atoms with Crippen molar-refractivity contribution in [1.29, 1.82) is 0 Å². The lowest BCUT2D eigenvalue weighted by molar-refractivity contribution is -0.142. The van der Waals surface area contributed by atoms with Crippen LogP contribution in [0.4, 0.5) is 0 Å². The van der Waals surface area contributed by atoms with E-state index in [0.29, 0.717) is 5.70 Å². The van der Waals surface area contributed by atoms with E-state index in [1.165, 1.54) is 7.11 Å². The van der Waals surface area contributed by atoms with Crippen molar-refractivity contribution in [2.24, 2.45) is 11.5 Å². The van der Waals surface area contributed by atoms with E-state index in [2.05, 4.69) is 19.2 Å². The highest BCUT2D eigenvalue weighted by atomic mass is 31.0. The van der Waals surface area contributed by atoms with Crippen LogP contribution >= 0.6 is 9.39 Å². The van der Waals surface area contributed by atoms with Crippen LogP contribution in [0.25, 0.3) is 0 Å². The number of carbonyl (C=O) groups excluding carboxylic acids is 1. The van der Waals surface area contributed by atoms with E-state index in [1.54, 1.807) is 6.20 Å². The van der Waals surface area contributed by atoms with Crippen LogP contribution in [-0.4, -0.2) is 19.1 Å². The van der Waals surface area contributed by atoms with Gasteiger partial charge < -0.3 is 21.3 Å². The minimum absolute atomic E-state index is 0.286. The molecule has 0 spiro atoms. The van der Waals surface area contributed by atoms with Crippen molar-refractivity contribution in [2.45, 2.75) is 12.5 Å². The van der Waals surface area contributed by atoms with Crippen LogP contribution in [-0.2, 0) is 9.53 Å². The Labute approximate surface area is 73.8 Å². The summed E-state index contributed by atoms with van der Waals surface area (Å²) in [5, 5.41) is 2.65. The lowest BCUT2D eigenvalue weighted by Crippen LogP contribution is -2.33. The van der Waals surface area contributed by atoms with Crippen LogP contribution in [0.1, 0.15) is 6.42 Å². The Morgan fingerprint density at radius 1 is 1.83 bits per heavy atom. The molecule has 12 heavy (non-hydrogen) atoms. The van der Waals surface area contributed by atoms with E-state index in [4.69, 9.17) is 11.5 Å². The number of esters is 1. The molecule has 0 aromatic heterocycles. The van der Waals surface area contributed by atoms with E-state index in [9.17, 15) is 4.79 Å². The Hall–Kier alpha value is -0.800. The van der Waals surface area contributed by atoms with Gasteiger partial charge in [0.1, 0.15) is 6.04 Å². The van der Waals surface area contributed by atoms with E-state index >= 15 is 0 Å². The molecule has 0 rings (SSSR count). The SMILES string of the molecule is COC(=O)C(N)C/C(N)=C/NP. The van der Waals surface area contributed by atoms with Crippen molar-refractivity contribution < 1.29 is 9.53 Å². The number of hydrogen-bond donors (Lipinski definition) is 3. The van der Waals surface area contributed by atoms with Crippen LogP contribution in [0.15, 0.2) is 11.9 Å². The molecular weight excluding hydrogens is 177 g/mol. The lowest BCUT2D eigenvalue weighted by atomic mass is 10.2. The number of rotatable bonds is 4. The van der Waals surface area contributed by atoms with Gasteiger partial charge in [0.2, 0.25) is 0 Å². The van der Waals surface area contributed by atoms with Crippen molar-refractivity contribution in [3.8, 4) is 0 Å².